The largest absolute Gasteiger partial charge is 0.465 e. The van der Waals surface area contributed by atoms with Crippen LogP contribution in [0.5, 0.6) is 0 Å². The fourth-order valence-corrected chi connectivity index (χ4v) is 2.50. The fraction of sp³-hybridized carbons (Fsp3) is 0.611. The molecule has 0 aliphatic rings. The standard InChI is InChI=1S/C18H29NO2/c1-4-11-17(16-12-8-7-9-13-16)18(20)21-15-10-14-19(5-2)6-3/h7-9,12-13,17H,4-6,10-11,14-15H2,1-3H3. The normalized spacial score (nSPS) is 12.4. The summed E-state index contributed by atoms with van der Waals surface area (Å²) in [4.78, 5) is 14.6. The number of benzene rings is 1. The molecule has 0 fully saturated rings. The number of carbonyl (C=O) groups is 1. The van der Waals surface area contributed by atoms with Crippen LogP contribution in [-0.2, 0) is 9.53 Å². The summed E-state index contributed by atoms with van der Waals surface area (Å²) in [6, 6.07) is 9.95. The Morgan fingerprint density at radius 3 is 2.38 bits per heavy atom. The predicted molar refractivity (Wildman–Crippen MR) is 87.5 cm³/mol. The molecule has 0 N–H and O–H groups in total. The SMILES string of the molecule is CCCC(C(=O)OCCCN(CC)CC)c1ccccc1. The highest BCUT2D eigenvalue weighted by atomic mass is 16.5. The van der Waals surface area contributed by atoms with Gasteiger partial charge in [0.1, 0.15) is 0 Å². The van der Waals surface area contributed by atoms with E-state index in [0.29, 0.717) is 6.61 Å². The maximum Gasteiger partial charge on any atom is 0.313 e. The first-order chi connectivity index (χ1) is 10.2. The Kier molecular flexibility index (Phi) is 8.76. The average Bonchev–Trinajstić information content (AvgIpc) is 2.53. The molecule has 0 aromatic heterocycles. The van der Waals surface area contributed by atoms with Crippen LogP contribution >= 0.6 is 0 Å². The minimum Gasteiger partial charge on any atom is -0.465 e. The van der Waals surface area contributed by atoms with E-state index in [1.807, 2.05) is 30.3 Å². The van der Waals surface area contributed by atoms with Crippen molar-refractivity contribution in [3.63, 3.8) is 0 Å². The van der Waals surface area contributed by atoms with Crippen molar-refractivity contribution in [2.24, 2.45) is 0 Å². The lowest BCUT2D eigenvalue weighted by atomic mass is 9.95. The zero-order chi connectivity index (χ0) is 15.5. The van der Waals surface area contributed by atoms with Gasteiger partial charge in [-0.2, -0.15) is 0 Å². The van der Waals surface area contributed by atoms with Crippen LogP contribution in [0.4, 0.5) is 0 Å². The first-order valence-electron chi connectivity index (χ1n) is 8.16. The highest BCUT2D eigenvalue weighted by molar-refractivity contribution is 5.78. The van der Waals surface area contributed by atoms with E-state index in [9.17, 15) is 4.79 Å². The monoisotopic (exact) mass is 291 g/mol. The van der Waals surface area contributed by atoms with Crippen molar-refractivity contribution >= 4 is 5.97 Å². The van der Waals surface area contributed by atoms with Crippen LogP contribution in [0.3, 0.4) is 0 Å². The first-order valence-corrected chi connectivity index (χ1v) is 8.16. The van der Waals surface area contributed by atoms with E-state index in [-0.39, 0.29) is 11.9 Å². The summed E-state index contributed by atoms with van der Waals surface area (Å²) in [5.74, 6) is -0.202. The molecule has 1 aromatic carbocycles. The summed E-state index contributed by atoms with van der Waals surface area (Å²) in [5.41, 5.74) is 1.06. The molecule has 0 spiro atoms. The van der Waals surface area contributed by atoms with E-state index >= 15 is 0 Å². The topological polar surface area (TPSA) is 29.5 Å². The minimum absolute atomic E-state index is 0.0809. The number of carbonyl (C=O) groups excluding carboxylic acids is 1. The van der Waals surface area contributed by atoms with Crippen molar-refractivity contribution in [2.75, 3.05) is 26.2 Å². The Labute approximate surface area is 129 Å². The molecule has 0 saturated carbocycles. The van der Waals surface area contributed by atoms with Gasteiger partial charge >= 0.3 is 5.97 Å². The summed E-state index contributed by atoms with van der Waals surface area (Å²) < 4.78 is 5.48. The quantitative estimate of drug-likeness (QED) is 0.484. The van der Waals surface area contributed by atoms with E-state index in [1.54, 1.807) is 0 Å². The van der Waals surface area contributed by atoms with E-state index in [2.05, 4.69) is 25.7 Å². The smallest absolute Gasteiger partial charge is 0.313 e. The summed E-state index contributed by atoms with van der Waals surface area (Å²) in [5, 5.41) is 0. The maximum atomic E-state index is 12.3. The second kappa shape index (κ2) is 10.4. The Balaban J connectivity index is 2.44. The molecule has 0 aliphatic carbocycles. The summed E-state index contributed by atoms with van der Waals surface area (Å²) in [6.45, 7) is 10.0. The third kappa shape index (κ3) is 6.30. The van der Waals surface area contributed by atoms with Gasteiger partial charge in [0.25, 0.3) is 0 Å². The van der Waals surface area contributed by atoms with Gasteiger partial charge in [0.15, 0.2) is 0 Å². The van der Waals surface area contributed by atoms with Gasteiger partial charge in [-0.15, -0.1) is 0 Å². The molecule has 0 saturated heterocycles. The van der Waals surface area contributed by atoms with Crippen LogP contribution in [0.1, 0.15) is 51.5 Å². The average molecular weight is 291 g/mol. The van der Waals surface area contributed by atoms with E-state index in [4.69, 9.17) is 4.74 Å². The van der Waals surface area contributed by atoms with E-state index in [1.165, 1.54) is 0 Å². The second-order valence-corrected chi connectivity index (χ2v) is 5.30. The molecule has 21 heavy (non-hydrogen) atoms. The number of hydrogen-bond donors (Lipinski definition) is 0. The van der Waals surface area contributed by atoms with Crippen LogP contribution in [-0.4, -0.2) is 37.1 Å². The molecule has 1 aromatic rings. The van der Waals surface area contributed by atoms with Crippen LogP contribution in [0.15, 0.2) is 30.3 Å². The van der Waals surface area contributed by atoms with Gasteiger partial charge < -0.3 is 9.64 Å². The van der Waals surface area contributed by atoms with Gasteiger partial charge in [-0.25, -0.2) is 0 Å². The van der Waals surface area contributed by atoms with Gasteiger partial charge in [-0.1, -0.05) is 57.5 Å². The molecule has 1 atom stereocenters. The van der Waals surface area contributed by atoms with Crippen molar-refractivity contribution in [2.45, 2.75) is 46.0 Å². The van der Waals surface area contributed by atoms with Gasteiger partial charge in [0.2, 0.25) is 0 Å². The summed E-state index contributed by atoms with van der Waals surface area (Å²) in [6.07, 6.45) is 2.73. The fourth-order valence-electron chi connectivity index (χ4n) is 2.50. The highest BCUT2D eigenvalue weighted by Gasteiger charge is 2.20. The number of esters is 1. The van der Waals surface area contributed by atoms with E-state index in [0.717, 1.165) is 44.5 Å². The van der Waals surface area contributed by atoms with Crippen molar-refractivity contribution in [3.05, 3.63) is 35.9 Å². The summed E-state index contributed by atoms with van der Waals surface area (Å²) in [7, 11) is 0. The van der Waals surface area contributed by atoms with Gasteiger partial charge in [-0.05, 0) is 31.5 Å². The van der Waals surface area contributed by atoms with Crippen molar-refractivity contribution in [1.29, 1.82) is 0 Å². The van der Waals surface area contributed by atoms with E-state index < -0.39 is 0 Å². The molecule has 0 bridgehead atoms. The summed E-state index contributed by atoms with van der Waals surface area (Å²) >= 11 is 0. The Morgan fingerprint density at radius 2 is 1.81 bits per heavy atom. The molecule has 1 rings (SSSR count). The van der Waals surface area contributed by atoms with Crippen LogP contribution in [0, 0.1) is 0 Å². The van der Waals surface area contributed by atoms with Gasteiger partial charge in [0, 0.05) is 6.54 Å². The van der Waals surface area contributed by atoms with Crippen molar-refractivity contribution in [3.8, 4) is 0 Å². The Bertz CT molecular complexity index is 387. The zero-order valence-electron chi connectivity index (χ0n) is 13.7. The molecule has 0 radical (unpaired) electrons. The van der Waals surface area contributed by atoms with Crippen LogP contribution in [0.2, 0.25) is 0 Å². The van der Waals surface area contributed by atoms with Crippen molar-refractivity contribution < 1.29 is 9.53 Å². The van der Waals surface area contributed by atoms with Crippen molar-refractivity contribution in [1.82, 2.24) is 4.90 Å². The zero-order valence-corrected chi connectivity index (χ0v) is 13.7. The Morgan fingerprint density at radius 1 is 1.14 bits per heavy atom. The Hall–Kier alpha value is -1.35. The van der Waals surface area contributed by atoms with Gasteiger partial charge in [-0.3, -0.25) is 4.79 Å². The number of rotatable bonds is 10. The number of hydrogen-bond acceptors (Lipinski definition) is 3. The lowest BCUT2D eigenvalue weighted by molar-refractivity contribution is -0.145. The predicted octanol–water partition coefficient (Wildman–Crippen LogP) is 3.85. The minimum atomic E-state index is -0.121. The first kappa shape index (κ1) is 17.7. The molecule has 0 aliphatic heterocycles. The van der Waals surface area contributed by atoms with Gasteiger partial charge in [0.05, 0.1) is 12.5 Å². The van der Waals surface area contributed by atoms with Crippen LogP contribution < -0.4 is 0 Å². The van der Waals surface area contributed by atoms with Crippen LogP contribution in [0.25, 0.3) is 0 Å². The number of ether oxygens (including phenoxy) is 1. The molecule has 3 nitrogen and oxygen atoms in total. The number of nitrogens with zero attached hydrogens (tertiary/aromatic N) is 1. The third-order valence-electron chi connectivity index (χ3n) is 3.82. The lowest BCUT2D eigenvalue weighted by Gasteiger charge is -2.19. The maximum absolute atomic E-state index is 12.3. The molecule has 3 heteroatoms. The molecule has 118 valence electrons. The third-order valence-corrected chi connectivity index (χ3v) is 3.82. The highest BCUT2D eigenvalue weighted by Crippen LogP contribution is 2.22. The molecular weight excluding hydrogens is 262 g/mol. The lowest BCUT2D eigenvalue weighted by Crippen LogP contribution is -2.25. The molecule has 1 unspecified atom stereocenters. The molecular formula is C18H29NO2. The second-order valence-electron chi connectivity index (χ2n) is 5.30. The molecule has 0 heterocycles. The molecule has 0 amide bonds.